The number of ketones is 1. The largest absolute Gasteiger partial charge is 0.507 e. The van der Waals surface area contributed by atoms with Gasteiger partial charge in [0.1, 0.15) is 23.4 Å². The number of nitrogens with one attached hydrogen (secondary N) is 1. The highest BCUT2D eigenvalue weighted by atomic mass is 16.7. The van der Waals surface area contributed by atoms with Crippen molar-refractivity contribution in [2.75, 3.05) is 19.0 Å². The van der Waals surface area contributed by atoms with Gasteiger partial charge in [-0.05, 0) is 19.9 Å². The van der Waals surface area contributed by atoms with Gasteiger partial charge in [-0.1, -0.05) is 57.0 Å². The van der Waals surface area contributed by atoms with Crippen molar-refractivity contribution < 1.29 is 63.7 Å². The molecule has 6 N–H and O–H groups in total. The quantitative estimate of drug-likeness (QED) is 0.0460. The van der Waals surface area contributed by atoms with Crippen molar-refractivity contribution in [2.45, 2.75) is 85.6 Å². The van der Waals surface area contributed by atoms with E-state index >= 15 is 0 Å². The number of esters is 1. The van der Waals surface area contributed by atoms with Crippen LogP contribution in [0, 0.1) is 42.9 Å². The molecule has 0 saturated heterocycles. The molecule has 0 fully saturated rings. The number of fused-ring (bicyclic) bond motifs is 14. The number of benzene rings is 2. The van der Waals surface area contributed by atoms with Crippen LogP contribution in [0.2, 0.25) is 0 Å². The smallest absolute Gasteiger partial charge is 0.312 e. The van der Waals surface area contributed by atoms with Crippen molar-refractivity contribution in [1.29, 1.82) is 0 Å². The van der Waals surface area contributed by atoms with Gasteiger partial charge in [-0.2, -0.15) is 0 Å². The lowest BCUT2D eigenvalue weighted by Gasteiger charge is -2.38. The highest BCUT2D eigenvalue weighted by Gasteiger charge is 2.50. The second-order valence-corrected chi connectivity index (χ2v) is 14.3. The first kappa shape index (κ1) is 43.2. The Hall–Kier alpha value is -5.56. The zero-order valence-electron chi connectivity index (χ0n) is 32.8. The minimum absolute atomic E-state index is 0.0142. The Balaban J connectivity index is 1.97. The van der Waals surface area contributed by atoms with Gasteiger partial charge in [0.25, 0.3) is 11.7 Å². The van der Waals surface area contributed by atoms with E-state index in [1.54, 1.807) is 39.8 Å². The van der Waals surface area contributed by atoms with Crippen LogP contribution in [0.25, 0.3) is 10.8 Å². The third-order valence-electron chi connectivity index (χ3n) is 10.4. The molecular weight excluding hydrogens is 728 g/mol. The lowest BCUT2D eigenvalue weighted by molar-refractivity contribution is -0.160. The Labute approximate surface area is 325 Å². The number of phenols is 3. The Morgan fingerprint density at radius 1 is 1.02 bits per heavy atom. The average molecular weight is 779 g/mol. The van der Waals surface area contributed by atoms with Gasteiger partial charge in [-0.15, -0.1) is 6.42 Å². The van der Waals surface area contributed by atoms with E-state index in [4.69, 9.17) is 30.2 Å². The molecule has 0 aromatic heterocycles. The zero-order chi connectivity index (χ0) is 41.8. The number of terminal acetylenes is 1. The molecule has 5 bridgehead atoms. The number of carbonyl (C=O) groups excluding carboxylic acids is 3. The van der Waals surface area contributed by atoms with Gasteiger partial charge >= 0.3 is 11.8 Å². The highest BCUT2D eigenvalue weighted by molar-refractivity contribution is 6.23. The van der Waals surface area contributed by atoms with Crippen LogP contribution in [-0.2, 0) is 28.6 Å². The second-order valence-electron chi connectivity index (χ2n) is 14.3. The van der Waals surface area contributed by atoms with E-state index in [-0.39, 0.29) is 51.1 Å². The van der Waals surface area contributed by atoms with Crippen LogP contribution in [0.15, 0.2) is 41.3 Å². The SMILES string of the molecule is C#CCO/N=C\c1c2c(O)c3c(O)c(C)c4c(c3c1O)C(=O)C(C)(O/C=C/C(OC)C(C)C(OC(C)=O)C(C)C(O)C(C)C(O)C(C)/C=C/C=C(\C)C(=O)N2)O4. The molecule has 3 aliphatic rings. The number of rotatable bonds is 5. The monoisotopic (exact) mass is 778 g/mol. The number of allylic oxidation sites excluding steroid dienone is 2. The Morgan fingerprint density at radius 2 is 1.70 bits per heavy atom. The summed E-state index contributed by atoms with van der Waals surface area (Å²) in [6.07, 6.45) is 9.55. The molecule has 5 rings (SSSR count). The van der Waals surface area contributed by atoms with E-state index < -0.39 is 88.8 Å². The summed E-state index contributed by atoms with van der Waals surface area (Å²) in [6, 6.07) is 0. The molecule has 1 amide bonds. The summed E-state index contributed by atoms with van der Waals surface area (Å²) in [7, 11) is 1.42. The van der Waals surface area contributed by atoms with E-state index in [1.165, 1.54) is 53.2 Å². The van der Waals surface area contributed by atoms with Gasteiger partial charge in [-0.3, -0.25) is 14.4 Å². The predicted molar refractivity (Wildman–Crippen MR) is 206 cm³/mol. The Bertz CT molecular complexity index is 2030. The number of aromatic hydroxyl groups is 3. The van der Waals surface area contributed by atoms with Crippen LogP contribution in [0.4, 0.5) is 5.69 Å². The number of carbonyl (C=O) groups is 3. The van der Waals surface area contributed by atoms with E-state index in [0.29, 0.717) is 0 Å². The number of methoxy groups -OCH3 is 1. The Morgan fingerprint density at radius 3 is 2.32 bits per heavy atom. The molecule has 9 atom stereocenters. The molecular formula is C41H50N2O13. The number of Topliss-reactive ketones (excluding diaryl/α,β-unsaturated/α-hetero) is 1. The number of amides is 1. The summed E-state index contributed by atoms with van der Waals surface area (Å²) in [6.45, 7) is 12.0. The molecule has 2 aromatic carbocycles. The molecule has 2 aromatic rings. The lowest BCUT2D eigenvalue weighted by atomic mass is 9.78. The second kappa shape index (κ2) is 17.5. The minimum atomic E-state index is -2.07. The third kappa shape index (κ3) is 8.32. The van der Waals surface area contributed by atoms with Crippen molar-refractivity contribution in [2.24, 2.45) is 28.8 Å². The van der Waals surface area contributed by atoms with E-state index in [0.717, 1.165) is 6.21 Å². The molecule has 15 nitrogen and oxygen atoms in total. The van der Waals surface area contributed by atoms with Gasteiger partial charge in [0.2, 0.25) is 0 Å². The molecule has 3 heterocycles. The molecule has 15 heteroatoms. The number of ether oxygens (including phenoxy) is 4. The summed E-state index contributed by atoms with van der Waals surface area (Å²) in [5.41, 5.74) is -0.792. The van der Waals surface area contributed by atoms with E-state index in [9.17, 15) is 39.9 Å². The van der Waals surface area contributed by atoms with Gasteiger partial charge in [0.05, 0.1) is 53.0 Å². The third-order valence-corrected chi connectivity index (χ3v) is 10.4. The fraction of sp³-hybridized carbons (Fsp3) is 0.463. The summed E-state index contributed by atoms with van der Waals surface area (Å²) < 4.78 is 23.4. The number of anilines is 1. The molecule has 0 radical (unpaired) electrons. The van der Waals surface area contributed by atoms with Crippen LogP contribution >= 0.6 is 0 Å². The number of aliphatic hydroxyl groups is 2. The highest BCUT2D eigenvalue weighted by Crippen LogP contribution is 2.55. The van der Waals surface area contributed by atoms with E-state index in [1.807, 2.05) is 0 Å². The summed E-state index contributed by atoms with van der Waals surface area (Å²) >= 11 is 0. The molecule has 56 heavy (non-hydrogen) atoms. The fourth-order valence-electron chi connectivity index (χ4n) is 7.04. The fourth-order valence-corrected chi connectivity index (χ4v) is 7.04. The van der Waals surface area contributed by atoms with Gasteiger partial charge < -0.3 is 54.6 Å². The molecule has 0 saturated carbocycles. The van der Waals surface area contributed by atoms with Crippen LogP contribution in [0.5, 0.6) is 23.0 Å². The normalized spacial score (nSPS) is 30.9. The number of phenolic OH excluding ortho intramolecular Hbond substituents is 3. The minimum Gasteiger partial charge on any atom is -0.507 e. The summed E-state index contributed by atoms with van der Waals surface area (Å²) in [5, 5.41) is 63.2. The lowest BCUT2D eigenvalue weighted by Crippen LogP contribution is -2.46. The van der Waals surface area contributed by atoms with Gasteiger partial charge in [0, 0.05) is 61.2 Å². The first-order valence-electron chi connectivity index (χ1n) is 18.0. The van der Waals surface area contributed by atoms with Crippen LogP contribution in [0.3, 0.4) is 0 Å². The van der Waals surface area contributed by atoms with Crippen molar-refractivity contribution in [3.8, 4) is 35.3 Å². The maximum Gasteiger partial charge on any atom is 0.312 e. The van der Waals surface area contributed by atoms with Crippen molar-refractivity contribution in [1.82, 2.24) is 0 Å². The average Bonchev–Trinajstić information content (AvgIpc) is 3.42. The number of oxime groups is 1. The molecule has 302 valence electrons. The standard InChI is InChI=1S/C41H50N2O13/c1-11-16-54-42-18-26-31-36(49)29-28(35(26)48)30-38(24(7)34(29)47)56-41(9,39(30)50)53-17-15-27(52-10)21(4)37(55-25(8)44)23(6)33(46)22(5)32(45)19(2)13-12-14-20(3)40(51)43-31/h1,12-15,17-19,21-23,27,32-33,37,45-49H,16H2,2-10H3,(H,43,51)/b13-12+,17-15+,20-14+,42-18-. The molecule has 3 aliphatic heterocycles. The van der Waals surface area contributed by atoms with Crippen molar-refractivity contribution >= 4 is 40.3 Å². The zero-order valence-corrected chi connectivity index (χ0v) is 32.8. The number of hydrogen-bond donors (Lipinski definition) is 6. The van der Waals surface area contributed by atoms with E-state index in [2.05, 4.69) is 16.4 Å². The molecule has 0 spiro atoms. The van der Waals surface area contributed by atoms with Crippen molar-refractivity contribution in [3.63, 3.8) is 0 Å². The van der Waals surface area contributed by atoms with Crippen LogP contribution < -0.4 is 10.1 Å². The first-order valence-corrected chi connectivity index (χ1v) is 18.0. The van der Waals surface area contributed by atoms with Gasteiger partial charge in [-0.25, -0.2) is 0 Å². The first-order chi connectivity index (χ1) is 26.3. The van der Waals surface area contributed by atoms with Crippen LogP contribution in [0.1, 0.15) is 70.0 Å². The summed E-state index contributed by atoms with van der Waals surface area (Å²) in [4.78, 5) is 45.1. The molecule has 9 unspecified atom stereocenters. The van der Waals surface area contributed by atoms with Gasteiger partial charge in [0.15, 0.2) is 12.4 Å². The maximum absolute atomic E-state index is 14.3. The van der Waals surface area contributed by atoms with Crippen molar-refractivity contribution in [3.05, 3.63) is 52.8 Å². The molecule has 0 aliphatic carbocycles. The maximum atomic E-state index is 14.3. The summed E-state index contributed by atoms with van der Waals surface area (Å²) in [5.74, 6) is -6.64. The van der Waals surface area contributed by atoms with Crippen LogP contribution in [-0.4, -0.2) is 93.3 Å². The number of hydrogen-bond acceptors (Lipinski definition) is 14. The number of nitrogens with zero attached hydrogens (tertiary/aromatic N) is 1. The predicted octanol–water partition coefficient (Wildman–Crippen LogP) is 4.74. The Kier molecular flexibility index (Phi) is 13.5. The number of aliphatic hydroxyl groups excluding tert-OH is 2. The topological polar surface area (TPSA) is 223 Å².